The van der Waals surface area contributed by atoms with E-state index in [4.69, 9.17) is 0 Å². The van der Waals surface area contributed by atoms with Gasteiger partial charge in [0.25, 0.3) is 0 Å². The summed E-state index contributed by atoms with van der Waals surface area (Å²) in [6, 6.07) is 3.12. The molecule has 1 aromatic carbocycles. The van der Waals surface area contributed by atoms with Gasteiger partial charge >= 0.3 is 6.18 Å². The minimum Gasteiger partial charge on any atom is -0.289 e. The van der Waals surface area contributed by atoms with Crippen LogP contribution in [0.4, 0.5) is 13.2 Å². The summed E-state index contributed by atoms with van der Waals surface area (Å²) in [6.07, 6.45) is -0.563. The maximum absolute atomic E-state index is 13.1. The summed E-state index contributed by atoms with van der Waals surface area (Å²) in [5, 5.41) is 0.318. The molecule has 126 valence electrons. The molecule has 2 bridgehead atoms. The monoisotopic (exact) mass is 343 g/mol. The first-order chi connectivity index (χ1) is 11.9. The third kappa shape index (κ3) is 1.85. The standard InChI is InChI=1S/C19H12F3NO2/c20-19(21,22)10-3-4-11-13(6-10)23-7-12-16(11)18(25)15-9-2-1-8(5-9)14(15)17(12)24/h3-4,6-9H,1-2,5H2. The van der Waals surface area contributed by atoms with Gasteiger partial charge < -0.3 is 0 Å². The molecule has 0 spiro atoms. The number of pyridine rings is 1. The minimum atomic E-state index is -4.48. The van der Waals surface area contributed by atoms with Gasteiger partial charge in [0, 0.05) is 28.3 Å². The predicted octanol–water partition coefficient (Wildman–Crippen LogP) is 4.36. The zero-order valence-electron chi connectivity index (χ0n) is 13.0. The van der Waals surface area contributed by atoms with Crippen molar-refractivity contribution in [1.29, 1.82) is 0 Å². The molecule has 1 aromatic heterocycles. The van der Waals surface area contributed by atoms with Crippen molar-refractivity contribution < 1.29 is 22.8 Å². The molecule has 0 N–H and O–H groups in total. The van der Waals surface area contributed by atoms with Gasteiger partial charge in [-0.3, -0.25) is 14.6 Å². The van der Waals surface area contributed by atoms with Gasteiger partial charge in [0.05, 0.1) is 16.6 Å². The van der Waals surface area contributed by atoms with Gasteiger partial charge in [0.15, 0.2) is 11.6 Å². The predicted molar refractivity (Wildman–Crippen MR) is 83.3 cm³/mol. The largest absolute Gasteiger partial charge is 0.416 e. The van der Waals surface area contributed by atoms with Crippen molar-refractivity contribution in [2.24, 2.45) is 11.8 Å². The second-order valence-electron chi connectivity index (χ2n) is 6.97. The Kier molecular flexibility index (Phi) is 2.70. The number of benzene rings is 1. The van der Waals surface area contributed by atoms with Gasteiger partial charge in [-0.2, -0.15) is 13.2 Å². The number of rotatable bonds is 0. The highest BCUT2D eigenvalue weighted by molar-refractivity contribution is 6.31. The lowest BCUT2D eigenvalue weighted by molar-refractivity contribution is -0.137. The molecule has 3 aliphatic rings. The van der Waals surface area contributed by atoms with E-state index in [-0.39, 0.29) is 40.0 Å². The molecule has 25 heavy (non-hydrogen) atoms. The van der Waals surface area contributed by atoms with Crippen molar-refractivity contribution in [3.8, 4) is 0 Å². The number of Topliss-reactive ketones (excluding diaryl/α,β-unsaturated/α-hetero) is 2. The lowest BCUT2D eigenvalue weighted by Crippen LogP contribution is -2.26. The van der Waals surface area contributed by atoms with Crippen LogP contribution in [-0.4, -0.2) is 16.6 Å². The second-order valence-corrected chi connectivity index (χ2v) is 6.97. The number of aromatic nitrogens is 1. The Hall–Kier alpha value is -2.50. The van der Waals surface area contributed by atoms with Gasteiger partial charge in [-0.05, 0) is 43.2 Å². The molecule has 2 atom stereocenters. The molecule has 0 aliphatic heterocycles. The maximum atomic E-state index is 13.1. The number of ketones is 2. The Labute approximate surface area is 140 Å². The number of halogens is 3. The van der Waals surface area contributed by atoms with Crippen molar-refractivity contribution in [3.63, 3.8) is 0 Å². The molecule has 3 nitrogen and oxygen atoms in total. The van der Waals surface area contributed by atoms with Crippen LogP contribution in [0.15, 0.2) is 35.5 Å². The zero-order valence-corrected chi connectivity index (χ0v) is 13.0. The van der Waals surface area contributed by atoms with Crippen molar-refractivity contribution in [1.82, 2.24) is 4.98 Å². The van der Waals surface area contributed by atoms with Crippen LogP contribution >= 0.6 is 0 Å². The highest BCUT2D eigenvalue weighted by Crippen LogP contribution is 2.52. The molecule has 1 fully saturated rings. The molecule has 2 aromatic rings. The lowest BCUT2D eigenvalue weighted by atomic mass is 9.77. The van der Waals surface area contributed by atoms with Crippen LogP contribution in [-0.2, 0) is 6.18 Å². The van der Waals surface area contributed by atoms with E-state index in [2.05, 4.69) is 4.98 Å². The molecule has 2 unspecified atom stereocenters. The van der Waals surface area contributed by atoms with Crippen molar-refractivity contribution >= 4 is 22.5 Å². The first kappa shape index (κ1) is 14.8. The van der Waals surface area contributed by atoms with Crippen LogP contribution < -0.4 is 0 Å². The fourth-order valence-electron chi connectivity index (χ4n) is 4.63. The summed E-state index contributed by atoms with van der Waals surface area (Å²) in [5.41, 5.74) is 0.935. The van der Waals surface area contributed by atoms with Gasteiger partial charge in [-0.25, -0.2) is 0 Å². The third-order valence-corrected chi connectivity index (χ3v) is 5.70. The van der Waals surface area contributed by atoms with E-state index in [1.807, 2.05) is 0 Å². The summed E-state index contributed by atoms with van der Waals surface area (Å²) in [7, 11) is 0. The molecular weight excluding hydrogens is 331 g/mol. The number of hydrogen-bond donors (Lipinski definition) is 0. The van der Waals surface area contributed by atoms with Crippen LogP contribution in [0.25, 0.3) is 10.9 Å². The summed E-state index contributed by atoms with van der Waals surface area (Å²) >= 11 is 0. The fourth-order valence-corrected chi connectivity index (χ4v) is 4.63. The van der Waals surface area contributed by atoms with E-state index < -0.39 is 11.7 Å². The number of allylic oxidation sites excluding steroid dienone is 2. The minimum absolute atomic E-state index is 0.0851. The summed E-state index contributed by atoms with van der Waals surface area (Å²) in [6.45, 7) is 0. The number of carbonyl (C=O) groups excluding carboxylic acids is 2. The molecule has 1 heterocycles. The van der Waals surface area contributed by atoms with Gasteiger partial charge in [-0.15, -0.1) is 0 Å². The average Bonchev–Trinajstić information content (AvgIpc) is 3.19. The van der Waals surface area contributed by atoms with Crippen molar-refractivity contribution in [2.75, 3.05) is 0 Å². The quantitative estimate of drug-likeness (QED) is 0.714. The molecule has 1 saturated carbocycles. The highest BCUT2D eigenvalue weighted by Gasteiger charge is 2.48. The Balaban J connectivity index is 1.75. The normalized spacial score (nSPS) is 24.9. The molecule has 5 rings (SSSR count). The van der Waals surface area contributed by atoms with Crippen LogP contribution in [0.3, 0.4) is 0 Å². The van der Waals surface area contributed by atoms with Crippen LogP contribution in [0.2, 0.25) is 0 Å². The molecule has 6 heteroatoms. The number of carbonyl (C=O) groups is 2. The topological polar surface area (TPSA) is 47.0 Å². The number of nitrogens with zero attached hydrogens (tertiary/aromatic N) is 1. The number of alkyl halides is 3. The third-order valence-electron chi connectivity index (χ3n) is 5.70. The highest BCUT2D eigenvalue weighted by atomic mass is 19.4. The molecule has 3 aliphatic carbocycles. The smallest absolute Gasteiger partial charge is 0.289 e. The van der Waals surface area contributed by atoms with Crippen molar-refractivity contribution in [3.05, 3.63) is 52.2 Å². The molecular formula is C19H12F3NO2. The van der Waals surface area contributed by atoms with E-state index in [0.717, 1.165) is 31.4 Å². The molecule has 0 amide bonds. The first-order valence-electron chi connectivity index (χ1n) is 8.19. The van der Waals surface area contributed by atoms with Crippen molar-refractivity contribution in [2.45, 2.75) is 25.4 Å². The summed E-state index contributed by atoms with van der Waals surface area (Å²) in [5.74, 6) is -0.120. The molecule has 0 radical (unpaired) electrons. The Morgan fingerprint density at radius 3 is 2.36 bits per heavy atom. The van der Waals surface area contributed by atoms with E-state index in [1.54, 1.807) is 0 Å². The SMILES string of the molecule is O=C1C2=C(C(=O)c3c1cnc1cc(C(F)(F)F)ccc31)C1CCC2C1. The van der Waals surface area contributed by atoms with Crippen LogP contribution in [0.5, 0.6) is 0 Å². The Morgan fingerprint density at radius 1 is 1.00 bits per heavy atom. The number of fused-ring (bicyclic) bond motifs is 7. The van der Waals surface area contributed by atoms with Gasteiger partial charge in [-0.1, -0.05) is 6.07 Å². The molecule has 0 saturated heterocycles. The Morgan fingerprint density at radius 2 is 1.68 bits per heavy atom. The maximum Gasteiger partial charge on any atom is 0.416 e. The van der Waals surface area contributed by atoms with Crippen LogP contribution in [0, 0.1) is 11.8 Å². The Bertz CT molecular complexity index is 1020. The van der Waals surface area contributed by atoms with E-state index in [9.17, 15) is 22.8 Å². The van der Waals surface area contributed by atoms with Gasteiger partial charge in [0.1, 0.15) is 0 Å². The summed E-state index contributed by atoms with van der Waals surface area (Å²) < 4.78 is 38.7. The first-order valence-corrected chi connectivity index (χ1v) is 8.19. The average molecular weight is 343 g/mol. The lowest BCUT2D eigenvalue weighted by Gasteiger charge is -2.25. The zero-order chi connectivity index (χ0) is 17.5. The second kappa shape index (κ2) is 4.56. The summed E-state index contributed by atoms with van der Waals surface area (Å²) in [4.78, 5) is 30.0. The van der Waals surface area contributed by atoms with E-state index >= 15 is 0 Å². The van der Waals surface area contributed by atoms with E-state index in [1.165, 1.54) is 12.3 Å². The number of hydrogen-bond acceptors (Lipinski definition) is 3. The van der Waals surface area contributed by atoms with Gasteiger partial charge in [0.2, 0.25) is 0 Å². The van der Waals surface area contributed by atoms with Crippen LogP contribution in [0.1, 0.15) is 45.5 Å². The van der Waals surface area contributed by atoms with E-state index in [0.29, 0.717) is 16.5 Å². The fraction of sp³-hybridized carbons (Fsp3) is 0.316.